The van der Waals surface area contributed by atoms with Crippen LogP contribution in [0.15, 0.2) is 54.6 Å². The van der Waals surface area contributed by atoms with E-state index in [0.717, 1.165) is 56.9 Å². The molecule has 4 aromatic carbocycles. The quantitative estimate of drug-likeness (QED) is 0.0392. The van der Waals surface area contributed by atoms with Crippen molar-refractivity contribution in [2.24, 2.45) is 0 Å². The van der Waals surface area contributed by atoms with Crippen molar-refractivity contribution in [3.05, 3.63) is 105 Å². The number of nitrogens with zero attached hydrogens (tertiary/aromatic N) is 5. The van der Waals surface area contributed by atoms with Crippen LogP contribution < -0.4 is 18.9 Å². The van der Waals surface area contributed by atoms with Crippen molar-refractivity contribution < 1.29 is 108 Å². The molecule has 522 valence electrons. The lowest BCUT2D eigenvalue weighted by molar-refractivity contribution is -0.277. The van der Waals surface area contributed by atoms with E-state index in [1.165, 1.54) is 50.0 Å². The second-order valence-electron chi connectivity index (χ2n) is 24.2. The van der Waals surface area contributed by atoms with Gasteiger partial charge in [-0.25, -0.2) is 0 Å². The maximum Gasteiger partial charge on any atom is 0.258 e. The number of hydrogen-bond donors (Lipinski definition) is 10. The highest BCUT2D eigenvalue weighted by Gasteiger charge is 2.47. The fraction of sp³-hybridized carbons (Fsp3) is 0.597. The second-order valence-corrected chi connectivity index (χ2v) is 24.2. The molecular formula is C67H97N5O22. The number of phenolic OH excluding ortho intramolecular Hbond substituents is 2. The van der Waals surface area contributed by atoms with Gasteiger partial charge in [-0.05, 0) is 77.0 Å². The van der Waals surface area contributed by atoms with E-state index in [2.05, 4.69) is 39.9 Å². The number of carbonyl (C=O) groups is 3. The Morgan fingerprint density at radius 2 is 1.24 bits per heavy atom. The Balaban J connectivity index is 0.000000270. The molecule has 0 aliphatic carbocycles. The van der Waals surface area contributed by atoms with Gasteiger partial charge >= 0.3 is 0 Å². The van der Waals surface area contributed by atoms with Crippen LogP contribution in [0, 0.1) is 0 Å². The van der Waals surface area contributed by atoms with Crippen molar-refractivity contribution in [3.63, 3.8) is 0 Å². The third-order valence-corrected chi connectivity index (χ3v) is 17.5. The molecule has 0 saturated carbocycles. The third kappa shape index (κ3) is 18.2. The second kappa shape index (κ2) is 35.1. The number of aromatic hydroxyl groups is 2. The van der Waals surface area contributed by atoms with Crippen LogP contribution in [-0.2, 0) is 61.0 Å². The standard InChI is InChI=1S/C36H52N2O14.C30H41N3O8.CH4/c1-5-23-24(19-30(41)38(11-13-46-2)12-14-47-3)31(28(20-25(23)40)51-36-35(45)34(44)33(43)29(21-39)52-36)32(42)22-6-7-26(27(18-22)48-4)50-17-10-37-8-15-49-16-9-37;1-17(2)21-11-22(24(12-23(21)35)40-30-28(38)27(37)26(36)25(16-34)41-30)29(39)33-14-19-5-4-18(10-20(19)15-33)13-32-8-6-31(3)7-9-32;/h6-7,18,20,29,33-36,39-40,43-45H,5,8-17,19,21H2,1-4H3;4-5,10-12,17,25-28,30,34-38H,6-9,13-16H2,1-3H3;1H4/t29-,33+,34+,35-,36-;25-,26+,27+,28-,30-;/m11./s1. The molecule has 9 rings (SSSR count). The van der Waals surface area contributed by atoms with E-state index >= 15 is 0 Å². The molecule has 5 aliphatic heterocycles. The molecule has 5 heterocycles. The molecule has 27 heteroatoms. The number of ketones is 1. The Morgan fingerprint density at radius 1 is 0.649 bits per heavy atom. The Labute approximate surface area is 549 Å². The van der Waals surface area contributed by atoms with Crippen LogP contribution in [0.3, 0.4) is 0 Å². The number of amides is 2. The molecular weight excluding hydrogens is 1230 g/mol. The summed E-state index contributed by atoms with van der Waals surface area (Å²) in [5.41, 5.74) is 4.60. The first kappa shape index (κ1) is 75.0. The van der Waals surface area contributed by atoms with Crippen molar-refractivity contribution in [1.29, 1.82) is 0 Å². The first-order chi connectivity index (χ1) is 44.6. The lowest BCUT2D eigenvalue weighted by Gasteiger charge is -2.39. The molecule has 2 amide bonds. The normalized spacial score (nSPS) is 24.2. The Kier molecular flexibility index (Phi) is 28.0. The minimum absolute atomic E-state index is 0. The number of likely N-dealkylation sites (N-methyl/N-ethyl adjacent to an activating group) is 1. The number of fused-ring (bicyclic) bond motifs is 1. The van der Waals surface area contributed by atoms with E-state index in [-0.39, 0.29) is 115 Å². The number of morpholine rings is 1. The number of ether oxygens (including phenoxy) is 9. The van der Waals surface area contributed by atoms with E-state index in [0.29, 0.717) is 56.3 Å². The van der Waals surface area contributed by atoms with Crippen LogP contribution in [0.25, 0.3) is 0 Å². The zero-order valence-electron chi connectivity index (χ0n) is 54.0. The predicted molar refractivity (Wildman–Crippen MR) is 341 cm³/mol. The van der Waals surface area contributed by atoms with E-state index in [9.17, 15) is 65.4 Å². The van der Waals surface area contributed by atoms with E-state index in [1.807, 2.05) is 13.8 Å². The minimum atomic E-state index is -1.81. The van der Waals surface area contributed by atoms with Crippen LogP contribution in [0.4, 0.5) is 0 Å². The monoisotopic (exact) mass is 1320 g/mol. The summed E-state index contributed by atoms with van der Waals surface area (Å²) in [6.07, 6.45) is -15.8. The topological polar surface area (TPSA) is 353 Å². The first-order valence-corrected chi connectivity index (χ1v) is 31.5. The number of piperazine rings is 1. The first-order valence-electron chi connectivity index (χ1n) is 31.5. The van der Waals surface area contributed by atoms with Crippen molar-refractivity contribution in [2.45, 2.75) is 128 Å². The average Bonchev–Trinajstić information content (AvgIpc) is 0.919. The van der Waals surface area contributed by atoms with Gasteiger partial charge in [-0.3, -0.25) is 24.2 Å². The zero-order valence-corrected chi connectivity index (χ0v) is 54.0. The highest BCUT2D eigenvalue weighted by Crippen LogP contribution is 2.41. The number of carbonyl (C=O) groups excluding carboxylic acids is 3. The molecule has 0 radical (unpaired) electrons. The lowest BCUT2D eigenvalue weighted by Crippen LogP contribution is -2.60. The molecule has 94 heavy (non-hydrogen) atoms. The van der Waals surface area contributed by atoms with E-state index < -0.39 is 80.4 Å². The fourth-order valence-electron chi connectivity index (χ4n) is 11.9. The average molecular weight is 1320 g/mol. The highest BCUT2D eigenvalue weighted by atomic mass is 16.7. The van der Waals surface area contributed by atoms with Crippen LogP contribution in [0.1, 0.15) is 93.8 Å². The maximum atomic E-state index is 14.6. The number of aliphatic hydroxyl groups is 8. The summed E-state index contributed by atoms with van der Waals surface area (Å²) in [5, 5.41) is 104. The summed E-state index contributed by atoms with van der Waals surface area (Å²) >= 11 is 0. The summed E-state index contributed by atoms with van der Waals surface area (Å²) in [5.74, 6) is -1.39. The van der Waals surface area contributed by atoms with Gasteiger partial charge in [0.1, 0.15) is 78.4 Å². The lowest BCUT2D eigenvalue weighted by atomic mass is 9.89. The van der Waals surface area contributed by atoms with Gasteiger partial charge in [-0.1, -0.05) is 46.4 Å². The summed E-state index contributed by atoms with van der Waals surface area (Å²) in [6.45, 7) is 15.0. The number of hydrogen-bond acceptors (Lipinski definition) is 25. The Morgan fingerprint density at radius 3 is 1.82 bits per heavy atom. The van der Waals surface area contributed by atoms with Crippen molar-refractivity contribution in [3.8, 4) is 34.5 Å². The summed E-state index contributed by atoms with van der Waals surface area (Å²) in [6, 6.07) is 15.1. The highest BCUT2D eigenvalue weighted by molar-refractivity contribution is 6.13. The molecule has 0 bridgehead atoms. The third-order valence-electron chi connectivity index (χ3n) is 17.5. The molecule has 4 fully saturated rings. The SMILES string of the molecule is C.CC(C)c1cc(C(=O)N2Cc3ccc(CN4CCN(C)CC4)cc3C2)c(O[C@@H]2O[C@H](CO)[C@H](O)[C@H](O)[C@H]2O)cc1O.CCc1c(O)cc(O[C@@H]2O[C@H](CO)[C@H](O)[C@H](O)[C@H]2O)c(C(=O)c2ccc(OCCN3CCOCC3)c(OC)c2)c1CC(=O)N(CCOC)CCOC. The van der Waals surface area contributed by atoms with Gasteiger partial charge in [0.25, 0.3) is 5.91 Å². The largest absolute Gasteiger partial charge is 0.508 e. The molecule has 0 aromatic heterocycles. The number of methoxy groups -OCH3 is 3. The smallest absolute Gasteiger partial charge is 0.258 e. The van der Waals surface area contributed by atoms with Crippen LogP contribution in [-0.4, -0.2) is 288 Å². The van der Waals surface area contributed by atoms with Gasteiger partial charge in [-0.15, -0.1) is 0 Å². The van der Waals surface area contributed by atoms with Crippen LogP contribution >= 0.6 is 0 Å². The summed E-state index contributed by atoms with van der Waals surface area (Å²) in [7, 11) is 6.60. The van der Waals surface area contributed by atoms with Crippen molar-refractivity contribution in [2.75, 3.05) is 134 Å². The molecule has 0 spiro atoms. The molecule has 10 N–H and O–H groups in total. The molecule has 5 aliphatic rings. The van der Waals surface area contributed by atoms with Crippen LogP contribution in [0.2, 0.25) is 0 Å². The van der Waals surface area contributed by atoms with Gasteiger partial charge in [0.15, 0.2) is 17.3 Å². The molecule has 10 atom stereocenters. The molecule has 4 saturated heterocycles. The van der Waals surface area contributed by atoms with Crippen molar-refractivity contribution >= 4 is 17.6 Å². The Hall–Kier alpha value is -6.35. The van der Waals surface area contributed by atoms with E-state index in [1.54, 1.807) is 30.0 Å². The minimum Gasteiger partial charge on any atom is -0.508 e. The van der Waals surface area contributed by atoms with Gasteiger partial charge in [0.05, 0.1) is 64.3 Å². The number of benzene rings is 4. The zero-order chi connectivity index (χ0) is 67.2. The maximum absolute atomic E-state index is 14.6. The molecule has 4 aromatic rings. The summed E-state index contributed by atoms with van der Waals surface area (Å²) in [4.78, 5) is 52.7. The number of phenols is 2. The van der Waals surface area contributed by atoms with Gasteiger partial charge in [-0.2, -0.15) is 0 Å². The predicted octanol–water partition coefficient (Wildman–Crippen LogP) is 0.982. The van der Waals surface area contributed by atoms with Crippen molar-refractivity contribution in [1.82, 2.24) is 24.5 Å². The van der Waals surface area contributed by atoms with Crippen LogP contribution in [0.5, 0.6) is 34.5 Å². The van der Waals surface area contributed by atoms with Gasteiger partial charge < -0.3 is 108 Å². The van der Waals surface area contributed by atoms with Gasteiger partial charge in [0, 0.05) is 110 Å². The van der Waals surface area contributed by atoms with E-state index in [4.69, 9.17) is 42.6 Å². The fourth-order valence-corrected chi connectivity index (χ4v) is 11.9. The number of aliphatic hydroxyl groups excluding tert-OH is 8. The molecule has 27 nitrogen and oxygen atoms in total. The van der Waals surface area contributed by atoms with Gasteiger partial charge in [0.2, 0.25) is 18.5 Å². The summed E-state index contributed by atoms with van der Waals surface area (Å²) < 4.78 is 50.4. The molecule has 0 unspecified atom stereocenters. The number of rotatable bonds is 26. The Bertz CT molecular complexity index is 3110.